The minimum atomic E-state index is 0.313. The quantitative estimate of drug-likeness (QED) is 0.322. The molecular weight excluding hydrogens is 530 g/mol. The van der Waals surface area contributed by atoms with E-state index < -0.39 is 0 Å². The van der Waals surface area contributed by atoms with Crippen LogP contribution in [0.25, 0.3) is 16.9 Å². The molecule has 1 saturated heterocycles. The van der Waals surface area contributed by atoms with E-state index in [1.165, 1.54) is 5.56 Å². The smallest absolute Gasteiger partial charge is 0.231 e. The van der Waals surface area contributed by atoms with Crippen LogP contribution < -0.4 is 14.8 Å². The monoisotopic (exact) mass is 553 g/mol. The van der Waals surface area contributed by atoms with Crippen LogP contribution in [0.2, 0.25) is 5.02 Å². The van der Waals surface area contributed by atoms with Crippen molar-refractivity contribution in [1.82, 2.24) is 19.5 Å². The molecule has 1 fully saturated rings. The van der Waals surface area contributed by atoms with E-state index in [1.54, 1.807) is 6.20 Å². The van der Waals surface area contributed by atoms with E-state index in [-0.39, 0.29) is 0 Å². The fourth-order valence-corrected chi connectivity index (χ4v) is 5.40. The molecule has 0 radical (unpaired) electrons. The summed E-state index contributed by atoms with van der Waals surface area (Å²) in [5.41, 5.74) is 3.69. The molecule has 9 heteroatoms. The highest BCUT2D eigenvalue weighted by atomic mass is 79.9. The molecule has 2 aromatic heterocycles. The third-order valence-corrected chi connectivity index (χ3v) is 7.62. The highest BCUT2D eigenvalue weighted by Crippen LogP contribution is 2.36. The standard InChI is InChI=1S/C26H25BrClN5O2/c27-20-14-30-33-24(12-22(31-26(20)33)19-5-1-2-6-21(19)28)29-13-17-8-10-32(11-9-17)15-18-4-3-7-23-25(18)35-16-34-23/h1-7,12,14,17,29H,8-11,13,15-16H2. The number of likely N-dealkylation sites (tertiary alicyclic amines) is 1. The second-order valence-corrected chi connectivity index (χ2v) is 10.2. The number of ether oxygens (including phenoxy) is 2. The second kappa shape index (κ2) is 9.68. The van der Waals surface area contributed by atoms with Crippen LogP contribution in [0.3, 0.4) is 0 Å². The maximum absolute atomic E-state index is 6.46. The van der Waals surface area contributed by atoms with Crippen molar-refractivity contribution in [2.45, 2.75) is 19.4 Å². The third kappa shape index (κ3) is 4.58. The molecule has 7 nitrogen and oxygen atoms in total. The van der Waals surface area contributed by atoms with Crippen molar-refractivity contribution in [1.29, 1.82) is 0 Å². The van der Waals surface area contributed by atoms with Crippen LogP contribution in [-0.4, -0.2) is 45.9 Å². The van der Waals surface area contributed by atoms with Crippen LogP contribution >= 0.6 is 27.5 Å². The molecule has 180 valence electrons. The van der Waals surface area contributed by atoms with E-state index in [0.29, 0.717) is 17.7 Å². The first-order valence-corrected chi connectivity index (χ1v) is 13.0. The lowest BCUT2D eigenvalue weighted by Gasteiger charge is -2.32. The van der Waals surface area contributed by atoms with E-state index >= 15 is 0 Å². The van der Waals surface area contributed by atoms with E-state index in [4.69, 9.17) is 26.1 Å². The lowest BCUT2D eigenvalue weighted by atomic mass is 9.96. The summed E-state index contributed by atoms with van der Waals surface area (Å²) >= 11 is 10.0. The normalized spacial score (nSPS) is 16.2. The predicted octanol–water partition coefficient (Wildman–Crippen LogP) is 5.87. The number of para-hydroxylation sites is 1. The van der Waals surface area contributed by atoms with E-state index in [1.807, 2.05) is 47.0 Å². The lowest BCUT2D eigenvalue weighted by molar-refractivity contribution is 0.166. The Bertz CT molecular complexity index is 1370. The Kier molecular flexibility index (Phi) is 6.26. The number of aromatic nitrogens is 3. The fourth-order valence-electron chi connectivity index (χ4n) is 4.82. The summed E-state index contributed by atoms with van der Waals surface area (Å²) in [6.45, 7) is 4.19. The number of hydrogen-bond acceptors (Lipinski definition) is 6. The SMILES string of the molecule is Clc1ccccc1-c1cc(NCC2CCN(Cc3cccc4c3OCO4)CC2)n2ncc(Br)c2n1. The topological polar surface area (TPSA) is 63.9 Å². The number of halogens is 2. The van der Waals surface area contributed by atoms with Crippen LogP contribution in [0.15, 0.2) is 59.2 Å². The maximum atomic E-state index is 6.46. The summed E-state index contributed by atoms with van der Waals surface area (Å²) in [5.74, 6) is 3.25. The summed E-state index contributed by atoms with van der Waals surface area (Å²) in [4.78, 5) is 7.30. The van der Waals surface area contributed by atoms with Crippen molar-refractivity contribution < 1.29 is 9.47 Å². The van der Waals surface area contributed by atoms with Crippen molar-refractivity contribution in [3.8, 4) is 22.8 Å². The summed E-state index contributed by atoms with van der Waals surface area (Å²) in [5, 5.41) is 8.83. The van der Waals surface area contributed by atoms with Crippen LogP contribution in [0, 0.1) is 5.92 Å². The lowest BCUT2D eigenvalue weighted by Crippen LogP contribution is -2.35. The van der Waals surface area contributed by atoms with Gasteiger partial charge in [-0.2, -0.15) is 9.61 Å². The summed E-state index contributed by atoms with van der Waals surface area (Å²) in [6, 6.07) is 15.9. The van der Waals surface area contributed by atoms with Gasteiger partial charge in [-0.15, -0.1) is 0 Å². The molecule has 1 N–H and O–H groups in total. The number of benzene rings is 2. The molecule has 35 heavy (non-hydrogen) atoms. The van der Waals surface area contributed by atoms with Crippen molar-refractivity contribution in [3.63, 3.8) is 0 Å². The predicted molar refractivity (Wildman–Crippen MR) is 140 cm³/mol. The first kappa shape index (κ1) is 22.6. The zero-order chi connectivity index (χ0) is 23.8. The number of rotatable bonds is 6. The molecule has 0 spiro atoms. The second-order valence-electron chi connectivity index (χ2n) is 8.99. The average molecular weight is 555 g/mol. The molecule has 2 aromatic carbocycles. The molecule has 2 aliphatic rings. The van der Waals surface area contributed by atoms with Gasteiger partial charge in [0.25, 0.3) is 0 Å². The largest absolute Gasteiger partial charge is 0.454 e. The molecule has 0 aliphatic carbocycles. The van der Waals surface area contributed by atoms with Crippen LogP contribution in [0.5, 0.6) is 11.5 Å². The Morgan fingerprint density at radius 1 is 1.09 bits per heavy atom. The van der Waals surface area contributed by atoms with Gasteiger partial charge in [0.15, 0.2) is 17.1 Å². The third-order valence-electron chi connectivity index (χ3n) is 6.73. The van der Waals surface area contributed by atoms with Crippen molar-refractivity contribution >= 4 is 39.0 Å². The summed E-state index contributed by atoms with van der Waals surface area (Å²) < 4.78 is 13.9. The highest BCUT2D eigenvalue weighted by Gasteiger charge is 2.23. The van der Waals surface area contributed by atoms with Crippen molar-refractivity contribution in [2.75, 3.05) is 31.7 Å². The molecule has 2 aliphatic heterocycles. The van der Waals surface area contributed by atoms with Crippen LogP contribution in [-0.2, 0) is 6.54 Å². The minimum Gasteiger partial charge on any atom is -0.454 e. The molecule has 0 atom stereocenters. The molecule has 0 amide bonds. The van der Waals surface area contributed by atoms with Gasteiger partial charge in [-0.25, -0.2) is 4.98 Å². The van der Waals surface area contributed by atoms with E-state index in [2.05, 4.69) is 37.3 Å². The molecule has 6 rings (SSSR count). The maximum Gasteiger partial charge on any atom is 0.231 e. The summed E-state index contributed by atoms with van der Waals surface area (Å²) in [6.07, 6.45) is 4.04. The zero-order valence-corrected chi connectivity index (χ0v) is 21.4. The van der Waals surface area contributed by atoms with Crippen molar-refractivity contribution in [3.05, 3.63) is 69.8 Å². The van der Waals surface area contributed by atoms with Crippen LogP contribution in [0.4, 0.5) is 5.82 Å². The molecule has 0 bridgehead atoms. The number of fused-ring (bicyclic) bond motifs is 2. The molecule has 0 saturated carbocycles. The minimum absolute atomic E-state index is 0.313. The number of piperidine rings is 1. The molecule has 4 heterocycles. The van der Waals surface area contributed by atoms with Gasteiger partial charge in [-0.3, -0.25) is 4.90 Å². The number of nitrogens with one attached hydrogen (secondary N) is 1. The molecular formula is C26H25BrClN5O2. The van der Waals surface area contributed by atoms with Gasteiger partial charge in [0.1, 0.15) is 5.82 Å². The molecule has 0 unspecified atom stereocenters. The Balaban J connectivity index is 1.13. The van der Waals surface area contributed by atoms with E-state index in [0.717, 1.165) is 77.7 Å². The highest BCUT2D eigenvalue weighted by molar-refractivity contribution is 9.10. The molecule has 4 aromatic rings. The van der Waals surface area contributed by atoms with Gasteiger partial charge in [-0.05, 0) is 59.9 Å². The summed E-state index contributed by atoms with van der Waals surface area (Å²) in [7, 11) is 0. The van der Waals surface area contributed by atoms with E-state index in [9.17, 15) is 0 Å². The number of anilines is 1. The Morgan fingerprint density at radius 3 is 2.80 bits per heavy atom. The first-order chi connectivity index (χ1) is 17.2. The van der Waals surface area contributed by atoms with Gasteiger partial charge in [0.05, 0.1) is 16.4 Å². The van der Waals surface area contributed by atoms with Gasteiger partial charge >= 0.3 is 0 Å². The fraction of sp³-hybridized carbons (Fsp3) is 0.308. The first-order valence-electron chi connectivity index (χ1n) is 11.8. The Hall–Kier alpha value is -2.81. The number of nitrogens with zero attached hydrogens (tertiary/aromatic N) is 4. The van der Waals surface area contributed by atoms with Gasteiger partial charge in [0, 0.05) is 35.3 Å². The van der Waals surface area contributed by atoms with Crippen molar-refractivity contribution in [2.24, 2.45) is 5.92 Å². The Morgan fingerprint density at radius 2 is 1.94 bits per heavy atom. The number of hydrogen-bond donors (Lipinski definition) is 1. The van der Waals surface area contributed by atoms with Gasteiger partial charge < -0.3 is 14.8 Å². The van der Waals surface area contributed by atoms with Gasteiger partial charge in [0.2, 0.25) is 6.79 Å². The average Bonchev–Trinajstić information content (AvgIpc) is 3.51. The van der Waals surface area contributed by atoms with Gasteiger partial charge in [-0.1, -0.05) is 41.9 Å². The Labute approximate surface area is 217 Å². The zero-order valence-electron chi connectivity index (χ0n) is 19.1. The van der Waals surface area contributed by atoms with Crippen LogP contribution in [0.1, 0.15) is 18.4 Å².